The fraction of sp³-hybridized carbons (Fsp3) is 0.182. The number of carbonyl (C=O) groups is 2. The van der Waals surface area contributed by atoms with Crippen molar-refractivity contribution in [3.05, 3.63) is 71.4 Å². The predicted octanol–water partition coefficient (Wildman–Crippen LogP) is 4.33. The van der Waals surface area contributed by atoms with E-state index < -0.39 is 5.97 Å². The normalized spacial score (nSPS) is 11.2. The highest BCUT2D eigenvalue weighted by molar-refractivity contribution is 6.03. The van der Waals surface area contributed by atoms with Crippen molar-refractivity contribution in [2.45, 2.75) is 20.3 Å². The Labute approximate surface area is 157 Å². The second-order valence-corrected chi connectivity index (χ2v) is 6.16. The molecule has 0 saturated carbocycles. The lowest BCUT2D eigenvalue weighted by Gasteiger charge is -2.05. The van der Waals surface area contributed by atoms with Gasteiger partial charge in [0.25, 0.3) is 5.91 Å². The Morgan fingerprint density at radius 3 is 2.56 bits per heavy atom. The van der Waals surface area contributed by atoms with Gasteiger partial charge in [0.2, 0.25) is 0 Å². The SMILES string of the molecule is CCOc1ccc2c(c1)c(CC(=O)O)c(C)n2C(=O)C=Cc1ccccc1. The van der Waals surface area contributed by atoms with E-state index in [0.29, 0.717) is 29.1 Å². The Morgan fingerprint density at radius 1 is 1.15 bits per heavy atom. The van der Waals surface area contributed by atoms with Crippen LogP contribution in [0, 0.1) is 6.92 Å². The van der Waals surface area contributed by atoms with Gasteiger partial charge in [-0.3, -0.25) is 14.2 Å². The van der Waals surface area contributed by atoms with Crippen LogP contribution in [0.5, 0.6) is 5.75 Å². The fourth-order valence-electron chi connectivity index (χ4n) is 3.18. The molecule has 1 aromatic heterocycles. The number of nitrogens with zero attached hydrogens (tertiary/aromatic N) is 1. The molecule has 3 aromatic rings. The van der Waals surface area contributed by atoms with E-state index in [4.69, 9.17) is 4.74 Å². The number of carboxylic acids is 1. The molecule has 0 atom stereocenters. The maximum atomic E-state index is 12.9. The van der Waals surface area contributed by atoms with Crippen LogP contribution < -0.4 is 4.74 Å². The number of hydrogen-bond acceptors (Lipinski definition) is 3. The van der Waals surface area contributed by atoms with Gasteiger partial charge in [-0.05, 0) is 49.2 Å². The molecule has 0 aliphatic carbocycles. The summed E-state index contributed by atoms with van der Waals surface area (Å²) in [6.07, 6.45) is 3.10. The Bertz CT molecular complexity index is 1020. The van der Waals surface area contributed by atoms with Crippen LogP contribution in [0.15, 0.2) is 54.6 Å². The lowest BCUT2D eigenvalue weighted by molar-refractivity contribution is -0.136. The number of aromatic nitrogens is 1. The minimum absolute atomic E-state index is 0.152. The Hall–Kier alpha value is -3.34. The maximum absolute atomic E-state index is 12.9. The van der Waals surface area contributed by atoms with Crippen molar-refractivity contribution in [1.82, 2.24) is 4.57 Å². The van der Waals surface area contributed by atoms with E-state index in [0.717, 1.165) is 10.9 Å². The third-order valence-electron chi connectivity index (χ3n) is 4.38. The van der Waals surface area contributed by atoms with Crippen molar-refractivity contribution >= 4 is 28.9 Å². The molecular weight excluding hydrogens is 342 g/mol. The van der Waals surface area contributed by atoms with Gasteiger partial charge in [-0.1, -0.05) is 30.3 Å². The third kappa shape index (κ3) is 3.92. The molecule has 0 aliphatic rings. The monoisotopic (exact) mass is 363 g/mol. The quantitative estimate of drug-likeness (QED) is 0.662. The molecule has 0 amide bonds. The number of rotatable bonds is 6. The first kappa shape index (κ1) is 18.5. The van der Waals surface area contributed by atoms with Crippen molar-refractivity contribution in [3.63, 3.8) is 0 Å². The molecule has 138 valence electrons. The molecule has 0 unspecified atom stereocenters. The highest BCUT2D eigenvalue weighted by Gasteiger charge is 2.19. The first-order chi connectivity index (χ1) is 13.0. The van der Waals surface area contributed by atoms with Crippen LogP contribution in [-0.4, -0.2) is 28.2 Å². The van der Waals surface area contributed by atoms with Crippen molar-refractivity contribution in [2.24, 2.45) is 0 Å². The van der Waals surface area contributed by atoms with Crippen LogP contribution in [0.1, 0.15) is 28.5 Å². The standard InChI is InChI=1S/C22H21NO4/c1-3-27-17-10-11-20-19(13-17)18(14-22(25)26)15(2)23(20)21(24)12-9-16-7-5-4-6-8-16/h4-13H,3,14H2,1-2H3,(H,25,26). The van der Waals surface area contributed by atoms with E-state index in [2.05, 4.69) is 0 Å². The van der Waals surface area contributed by atoms with Gasteiger partial charge in [0.05, 0.1) is 18.5 Å². The van der Waals surface area contributed by atoms with Gasteiger partial charge >= 0.3 is 5.97 Å². The Balaban J connectivity index is 2.08. The summed E-state index contributed by atoms with van der Waals surface area (Å²) in [5.74, 6) is -0.505. The van der Waals surface area contributed by atoms with E-state index >= 15 is 0 Å². The maximum Gasteiger partial charge on any atom is 0.307 e. The smallest absolute Gasteiger partial charge is 0.307 e. The molecule has 0 bridgehead atoms. The summed E-state index contributed by atoms with van der Waals surface area (Å²) in [6.45, 7) is 4.17. The highest BCUT2D eigenvalue weighted by atomic mass is 16.5. The highest BCUT2D eigenvalue weighted by Crippen LogP contribution is 2.30. The molecule has 0 spiro atoms. The van der Waals surface area contributed by atoms with E-state index in [9.17, 15) is 14.7 Å². The molecule has 0 saturated heterocycles. The molecule has 27 heavy (non-hydrogen) atoms. The van der Waals surface area contributed by atoms with E-state index in [1.54, 1.807) is 35.8 Å². The number of carboxylic acid groups (broad SMARTS) is 1. The average molecular weight is 363 g/mol. The van der Waals surface area contributed by atoms with Gasteiger partial charge in [0.1, 0.15) is 5.75 Å². The van der Waals surface area contributed by atoms with Gasteiger partial charge in [-0.25, -0.2) is 0 Å². The fourth-order valence-corrected chi connectivity index (χ4v) is 3.18. The number of fused-ring (bicyclic) bond motifs is 1. The lowest BCUT2D eigenvalue weighted by Crippen LogP contribution is -2.10. The van der Waals surface area contributed by atoms with E-state index in [-0.39, 0.29) is 12.3 Å². The summed E-state index contributed by atoms with van der Waals surface area (Å²) in [6, 6.07) is 14.9. The molecule has 0 fully saturated rings. The Kier molecular flexibility index (Phi) is 5.41. The van der Waals surface area contributed by atoms with Gasteiger partial charge in [-0.15, -0.1) is 0 Å². The number of aliphatic carboxylic acids is 1. The van der Waals surface area contributed by atoms with Gasteiger partial charge < -0.3 is 9.84 Å². The number of carbonyl (C=O) groups excluding carboxylic acids is 1. The van der Waals surface area contributed by atoms with Crippen molar-refractivity contribution in [1.29, 1.82) is 0 Å². The number of allylic oxidation sites excluding steroid dienone is 1. The summed E-state index contributed by atoms with van der Waals surface area (Å²) in [7, 11) is 0. The van der Waals surface area contributed by atoms with Gasteiger partial charge in [-0.2, -0.15) is 0 Å². The first-order valence-corrected chi connectivity index (χ1v) is 8.77. The molecule has 5 nitrogen and oxygen atoms in total. The molecule has 0 radical (unpaired) electrons. The van der Waals surface area contributed by atoms with Crippen molar-refractivity contribution < 1.29 is 19.4 Å². The number of hydrogen-bond donors (Lipinski definition) is 1. The zero-order valence-corrected chi connectivity index (χ0v) is 15.3. The first-order valence-electron chi connectivity index (χ1n) is 8.77. The third-order valence-corrected chi connectivity index (χ3v) is 4.38. The van der Waals surface area contributed by atoms with Crippen LogP contribution in [0.3, 0.4) is 0 Å². The minimum atomic E-state index is -0.939. The van der Waals surface area contributed by atoms with E-state index in [1.165, 1.54) is 6.08 Å². The summed E-state index contributed by atoms with van der Waals surface area (Å²) in [5, 5.41) is 10.0. The number of benzene rings is 2. The average Bonchev–Trinajstić information content (AvgIpc) is 2.92. The summed E-state index contributed by atoms with van der Waals surface area (Å²) < 4.78 is 7.09. The second kappa shape index (κ2) is 7.91. The van der Waals surface area contributed by atoms with Crippen LogP contribution in [0.25, 0.3) is 17.0 Å². The van der Waals surface area contributed by atoms with E-state index in [1.807, 2.05) is 37.3 Å². The van der Waals surface area contributed by atoms with Crippen LogP contribution in [-0.2, 0) is 11.2 Å². The molecule has 1 heterocycles. The summed E-state index contributed by atoms with van der Waals surface area (Å²) in [4.78, 5) is 24.2. The van der Waals surface area contributed by atoms with Crippen molar-refractivity contribution in [3.8, 4) is 5.75 Å². The molecule has 5 heteroatoms. The minimum Gasteiger partial charge on any atom is -0.494 e. The van der Waals surface area contributed by atoms with Crippen LogP contribution in [0.4, 0.5) is 0 Å². The van der Waals surface area contributed by atoms with Crippen LogP contribution in [0.2, 0.25) is 0 Å². The number of ether oxygens (including phenoxy) is 1. The zero-order valence-electron chi connectivity index (χ0n) is 15.3. The molecule has 3 rings (SSSR count). The summed E-state index contributed by atoms with van der Waals surface area (Å²) >= 11 is 0. The largest absolute Gasteiger partial charge is 0.494 e. The molecular formula is C22H21NO4. The van der Waals surface area contributed by atoms with Crippen LogP contribution >= 0.6 is 0 Å². The van der Waals surface area contributed by atoms with Crippen molar-refractivity contribution in [2.75, 3.05) is 6.61 Å². The topological polar surface area (TPSA) is 68.5 Å². The molecule has 0 aliphatic heterocycles. The molecule has 1 N–H and O–H groups in total. The van der Waals surface area contributed by atoms with Gasteiger partial charge in [0.15, 0.2) is 0 Å². The molecule has 2 aromatic carbocycles. The Morgan fingerprint density at radius 2 is 1.89 bits per heavy atom. The zero-order chi connectivity index (χ0) is 19.4. The van der Waals surface area contributed by atoms with Gasteiger partial charge in [0, 0.05) is 17.2 Å². The lowest BCUT2D eigenvalue weighted by atomic mass is 10.1. The second-order valence-electron chi connectivity index (χ2n) is 6.16. The summed E-state index contributed by atoms with van der Waals surface area (Å²) in [5.41, 5.74) is 2.85. The predicted molar refractivity (Wildman–Crippen MR) is 105 cm³/mol.